The summed E-state index contributed by atoms with van der Waals surface area (Å²) in [6.07, 6.45) is 0.287. The zero-order valence-electron chi connectivity index (χ0n) is 8.25. The number of aliphatic hydroxyl groups excluding tert-OH is 1. The molecule has 1 aromatic rings. The molecule has 0 aliphatic heterocycles. The van der Waals surface area contributed by atoms with Gasteiger partial charge >= 0.3 is 5.38 Å². The van der Waals surface area contributed by atoms with Crippen molar-refractivity contribution >= 4 is 11.6 Å². The Morgan fingerprint density at radius 2 is 2.20 bits per heavy atom. The van der Waals surface area contributed by atoms with E-state index in [0.717, 1.165) is 12.0 Å². The van der Waals surface area contributed by atoms with Crippen molar-refractivity contribution in [3.63, 3.8) is 0 Å². The van der Waals surface area contributed by atoms with Crippen LogP contribution in [0.5, 0.6) is 0 Å². The van der Waals surface area contributed by atoms with Crippen molar-refractivity contribution < 1.29 is 13.9 Å². The van der Waals surface area contributed by atoms with Gasteiger partial charge in [0.15, 0.2) is 0 Å². The zero-order chi connectivity index (χ0) is 11.5. The minimum absolute atomic E-state index is 0.250. The monoisotopic (exact) mass is 235 g/mol. The summed E-state index contributed by atoms with van der Waals surface area (Å²) in [5.41, 5.74) is 1.42. The van der Waals surface area contributed by atoms with E-state index in [1.165, 1.54) is 0 Å². The molecule has 0 saturated heterocycles. The Kier molecular flexibility index (Phi) is 3.99. The fourth-order valence-electron chi connectivity index (χ4n) is 1.10. The van der Waals surface area contributed by atoms with E-state index in [1.54, 1.807) is 18.3 Å². The molecular weight excluding hydrogens is 224 g/mol. The maximum Gasteiger partial charge on any atom is 0.347 e. The third kappa shape index (κ3) is 3.72. The van der Waals surface area contributed by atoms with E-state index >= 15 is 0 Å². The van der Waals surface area contributed by atoms with Gasteiger partial charge < -0.3 is 5.11 Å². The summed E-state index contributed by atoms with van der Waals surface area (Å²) in [5, 5.41) is 5.44. The van der Waals surface area contributed by atoms with E-state index in [-0.39, 0.29) is 6.42 Å². The summed E-state index contributed by atoms with van der Waals surface area (Å²) in [6.45, 7) is 1.97. The van der Waals surface area contributed by atoms with E-state index in [2.05, 4.69) is 16.6 Å². The van der Waals surface area contributed by atoms with Gasteiger partial charge in [0.05, 0.1) is 0 Å². The second-order valence-corrected chi connectivity index (χ2v) is 3.78. The second-order valence-electron chi connectivity index (χ2n) is 3.27. The normalized spacial score (nSPS) is 13.9. The molecule has 0 saturated carbocycles. The molecule has 0 fully saturated rings. The van der Waals surface area contributed by atoms with Gasteiger partial charge in [0.1, 0.15) is 6.10 Å². The smallest absolute Gasteiger partial charge is 0.347 e. The Hall–Kier alpha value is -0.740. The second kappa shape index (κ2) is 4.86. The van der Waals surface area contributed by atoms with Crippen molar-refractivity contribution in [3.05, 3.63) is 29.6 Å². The maximum absolute atomic E-state index is 12.4. The third-order valence-electron chi connectivity index (χ3n) is 2.07. The first-order valence-electron chi connectivity index (χ1n) is 4.62. The molecule has 1 aromatic heterocycles. The van der Waals surface area contributed by atoms with Gasteiger partial charge in [0.25, 0.3) is 0 Å². The topological polar surface area (TPSA) is 33.1 Å². The van der Waals surface area contributed by atoms with Crippen LogP contribution in [-0.4, -0.2) is 21.6 Å². The molecule has 1 atom stereocenters. The predicted octanol–water partition coefficient (Wildman–Crippen LogP) is 2.38. The molecule has 0 spiro atoms. The number of alkyl halides is 3. The van der Waals surface area contributed by atoms with Crippen molar-refractivity contribution in [2.75, 3.05) is 0 Å². The van der Waals surface area contributed by atoms with E-state index in [0.29, 0.717) is 5.69 Å². The number of rotatable bonds is 4. The molecule has 0 amide bonds. The lowest BCUT2D eigenvalue weighted by Gasteiger charge is -2.15. The van der Waals surface area contributed by atoms with Gasteiger partial charge in [-0.2, -0.15) is 8.78 Å². The van der Waals surface area contributed by atoms with Crippen molar-refractivity contribution in [3.8, 4) is 0 Å². The number of halogens is 3. The van der Waals surface area contributed by atoms with Crippen LogP contribution in [0.25, 0.3) is 0 Å². The van der Waals surface area contributed by atoms with E-state index in [1.807, 2.05) is 6.92 Å². The largest absolute Gasteiger partial charge is 0.385 e. The van der Waals surface area contributed by atoms with Crippen LogP contribution in [0.1, 0.15) is 18.2 Å². The predicted molar refractivity (Wildman–Crippen MR) is 54.1 cm³/mol. The van der Waals surface area contributed by atoms with Crippen molar-refractivity contribution in [1.29, 1.82) is 0 Å². The minimum atomic E-state index is -3.61. The van der Waals surface area contributed by atoms with Gasteiger partial charge in [-0.25, -0.2) is 0 Å². The maximum atomic E-state index is 12.4. The van der Waals surface area contributed by atoms with Crippen LogP contribution in [0, 0.1) is 0 Å². The Morgan fingerprint density at radius 3 is 2.60 bits per heavy atom. The fourth-order valence-corrected chi connectivity index (χ4v) is 1.18. The average Bonchev–Trinajstić information content (AvgIpc) is 2.17. The van der Waals surface area contributed by atoms with E-state index < -0.39 is 11.5 Å². The van der Waals surface area contributed by atoms with Crippen LogP contribution in [-0.2, 0) is 12.8 Å². The van der Waals surface area contributed by atoms with Gasteiger partial charge in [0, 0.05) is 18.3 Å². The highest BCUT2D eigenvalue weighted by Crippen LogP contribution is 2.25. The summed E-state index contributed by atoms with van der Waals surface area (Å²) in [5.74, 6) is 0. The number of aryl methyl sites for hydroxylation is 1. The van der Waals surface area contributed by atoms with Gasteiger partial charge in [0.2, 0.25) is 0 Å². The molecule has 2 nitrogen and oxygen atoms in total. The first-order valence-corrected chi connectivity index (χ1v) is 5.00. The molecule has 15 heavy (non-hydrogen) atoms. The fraction of sp³-hybridized carbons (Fsp3) is 0.500. The molecule has 0 aromatic carbocycles. The quantitative estimate of drug-likeness (QED) is 0.813. The van der Waals surface area contributed by atoms with Crippen molar-refractivity contribution in [1.82, 2.24) is 4.98 Å². The van der Waals surface area contributed by atoms with Gasteiger partial charge in [-0.15, -0.1) is 0 Å². The first kappa shape index (κ1) is 12.3. The zero-order valence-corrected chi connectivity index (χ0v) is 9.01. The minimum Gasteiger partial charge on any atom is -0.385 e. The van der Waals surface area contributed by atoms with E-state index in [9.17, 15) is 8.78 Å². The molecule has 0 bridgehead atoms. The Labute approximate surface area is 91.9 Å². The number of aliphatic hydroxyl groups is 1. The highest BCUT2D eigenvalue weighted by atomic mass is 35.5. The summed E-state index contributed by atoms with van der Waals surface area (Å²) < 4.78 is 24.9. The van der Waals surface area contributed by atoms with Gasteiger partial charge in [-0.1, -0.05) is 13.0 Å². The average molecular weight is 236 g/mol. The highest BCUT2D eigenvalue weighted by Gasteiger charge is 2.35. The highest BCUT2D eigenvalue weighted by molar-refractivity contribution is 6.22. The van der Waals surface area contributed by atoms with Crippen LogP contribution >= 0.6 is 11.6 Å². The van der Waals surface area contributed by atoms with Crippen LogP contribution in [0.15, 0.2) is 18.3 Å². The molecule has 1 unspecified atom stereocenters. The SMILES string of the molecule is CCc1ccc(CC(O)C(F)(F)Cl)nc1. The summed E-state index contributed by atoms with van der Waals surface area (Å²) in [6, 6.07) is 3.41. The first-order chi connectivity index (χ1) is 6.93. The lowest BCUT2D eigenvalue weighted by Crippen LogP contribution is -2.29. The van der Waals surface area contributed by atoms with Gasteiger partial charge in [-0.05, 0) is 29.7 Å². The Balaban J connectivity index is 2.65. The summed E-state index contributed by atoms with van der Waals surface area (Å²) in [7, 11) is 0. The summed E-state index contributed by atoms with van der Waals surface area (Å²) >= 11 is 4.68. The number of aromatic nitrogens is 1. The number of pyridine rings is 1. The molecular formula is C10H12ClF2NO. The van der Waals surface area contributed by atoms with Crippen LogP contribution in [0.3, 0.4) is 0 Å². The van der Waals surface area contributed by atoms with Crippen LogP contribution in [0.2, 0.25) is 0 Å². The molecule has 84 valence electrons. The van der Waals surface area contributed by atoms with Crippen molar-refractivity contribution in [2.45, 2.75) is 31.3 Å². The molecule has 5 heteroatoms. The summed E-state index contributed by atoms with van der Waals surface area (Å²) in [4.78, 5) is 3.95. The lowest BCUT2D eigenvalue weighted by atomic mass is 10.1. The molecule has 1 heterocycles. The Bertz CT molecular complexity index is 310. The standard InChI is InChI=1S/C10H12ClF2NO/c1-2-7-3-4-8(14-6-7)5-9(15)10(11,12)13/h3-4,6,9,15H,2,5H2,1H3. The number of hydrogen-bond acceptors (Lipinski definition) is 2. The van der Waals surface area contributed by atoms with Crippen LogP contribution in [0.4, 0.5) is 8.78 Å². The van der Waals surface area contributed by atoms with E-state index in [4.69, 9.17) is 5.11 Å². The lowest BCUT2D eigenvalue weighted by molar-refractivity contribution is -0.0402. The third-order valence-corrected chi connectivity index (χ3v) is 2.33. The molecule has 1 rings (SSSR count). The van der Waals surface area contributed by atoms with Crippen molar-refractivity contribution in [2.24, 2.45) is 0 Å². The molecule has 0 aliphatic rings. The van der Waals surface area contributed by atoms with Crippen LogP contribution < -0.4 is 0 Å². The molecule has 1 N–H and O–H groups in total. The molecule has 0 radical (unpaired) electrons. The number of hydrogen-bond donors (Lipinski definition) is 1. The number of nitrogens with zero attached hydrogens (tertiary/aromatic N) is 1. The molecule has 0 aliphatic carbocycles. The Morgan fingerprint density at radius 1 is 1.53 bits per heavy atom. The van der Waals surface area contributed by atoms with Gasteiger partial charge in [-0.3, -0.25) is 4.98 Å².